The lowest BCUT2D eigenvalue weighted by Gasteiger charge is -2.34. The zero-order valence-electron chi connectivity index (χ0n) is 17.5. The van der Waals surface area contributed by atoms with E-state index >= 15 is 0 Å². The molecule has 9 nitrogen and oxygen atoms in total. The number of nitrogens with zero attached hydrogens (tertiary/aromatic N) is 3. The number of aromatic nitrogens is 1. The Morgan fingerprint density at radius 3 is 3.03 bits per heavy atom. The molecule has 0 saturated carbocycles. The maximum Gasteiger partial charge on any atom is 0.261 e. The van der Waals surface area contributed by atoms with Crippen LogP contribution < -0.4 is 5.32 Å². The summed E-state index contributed by atoms with van der Waals surface area (Å²) < 4.78 is 11.0. The van der Waals surface area contributed by atoms with Gasteiger partial charge in [0.25, 0.3) is 5.91 Å². The van der Waals surface area contributed by atoms with E-state index in [-0.39, 0.29) is 24.3 Å². The number of ether oxygens (including phenoxy) is 2. The predicted octanol–water partition coefficient (Wildman–Crippen LogP) is 1.19. The topological polar surface area (TPSA) is 101 Å². The summed E-state index contributed by atoms with van der Waals surface area (Å²) in [5.41, 5.74) is 0.762. The second-order valence-electron chi connectivity index (χ2n) is 7.57. The highest BCUT2D eigenvalue weighted by atomic mass is 32.1. The third-order valence-electron chi connectivity index (χ3n) is 5.54. The SMILES string of the molecule is COCCNC(=O)c1sc2ncccc2c1[C@H]1CN(C(=O)CN2CCCC2=O)CCO1. The van der Waals surface area contributed by atoms with E-state index in [1.807, 2.05) is 12.1 Å². The zero-order chi connectivity index (χ0) is 21.8. The van der Waals surface area contributed by atoms with Gasteiger partial charge in [0.15, 0.2) is 0 Å². The molecule has 0 aliphatic carbocycles. The molecule has 2 fully saturated rings. The van der Waals surface area contributed by atoms with Crippen molar-refractivity contribution in [2.24, 2.45) is 0 Å². The molecule has 0 bridgehead atoms. The summed E-state index contributed by atoms with van der Waals surface area (Å²) >= 11 is 1.32. The number of rotatable bonds is 7. The molecular formula is C21H26N4O5S. The van der Waals surface area contributed by atoms with E-state index < -0.39 is 6.10 Å². The van der Waals surface area contributed by atoms with E-state index in [0.717, 1.165) is 22.2 Å². The molecule has 0 radical (unpaired) electrons. The van der Waals surface area contributed by atoms with Crippen molar-refractivity contribution in [1.29, 1.82) is 0 Å². The molecule has 166 valence electrons. The van der Waals surface area contributed by atoms with Crippen molar-refractivity contribution in [3.05, 3.63) is 28.8 Å². The van der Waals surface area contributed by atoms with Gasteiger partial charge >= 0.3 is 0 Å². The summed E-state index contributed by atoms with van der Waals surface area (Å²) in [6.07, 6.45) is 2.56. The van der Waals surface area contributed by atoms with Gasteiger partial charge in [-0.2, -0.15) is 0 Å². The minimum Gasteiger partial charge on any atom is -0.383 e. The average molecular weight is 447 g/mol. The molecule has 0 aromatic carbocycles. The number of hydrogen-bond acceptors (Lipinski definition) is 7. The smallest absolute Gasteiger partial charge is 0.261 e. The van der Waals surface area contributed by atoms with Crippen LogP contribution in [0.15, 0.2) is 18.3 Å². The number of likely N-dealkylation sites (tertiary alicyclic amines) is 1. The first-order valence-corrected chi connectivity index (χ1v) is 11.2. The van der Waals surface area contributed by atoms with Crippen molar-refractivity contribution < 1.29 is 23.9 Å². The Kier molecular flexibility index (Phi) is 6.79. The molecule has 0 unspecified atom stereocenters. The number of methoxy groups -OCH3 is 1. The lowest BCUT2D eigenvalue weighted by Crippen LogP contribution is -2.47. The predicted molar refractivity (Wildman–Crippen MR) is 115 cm³/mol. The largest absolute Gasteiger partial charge is 0.383 e. The molecule has 1 atom stereocenters. The van der Waals surface area contributed by atoms with E-state index in [2.05, 4.69) is 10.3 Å². The molecule has 4 rings (SSSR count). The van der Waals surface area contributed by atoms with E-state index in [1.165, 1.54) is 11.3 Å². The van der Waals surface area contributed by atoms with E-state index in [4.69, 9.17) is 9.47 Å². The first-order valence-electron chi connectivity index (χ1n) is 10.4. The zero-order valence-corrected chi connectivity index (χ0v) is 18.3. The van der Waals surface area contributed by atoms with E-state index in [0.29, 0.717) is 50.7 Å². The summed E-state index contributed by atoms with van der Waals surface area (Å²) in [4.78, 5) is 46.6. The molecule has 31 heavy (non-hydrogen) atoms. The molecule has 1 N–H and O–H groups in total. The Balaban J connectivity index is 1.55. The number of nitrogens with one attached hydrogen (secondary N) is 1. The Morgan fingerprint density at radius 1 is 1.39 bits per heavy atom. The minimum absolute atomic E-state index is 0.0306. The Hall–Kier alpha value is -2.56. The summed E-state index contributed by atoms with van der Waals surface area (Å²) in [5.74, 6) is -0.264. The number of fused-ring (bicyclic) bond motifs is 1. The lowest BCUT2D eigenvalue weighted by molar-refractivity contribution is -0.143. The molecule has 2 aromatic heterocycles. The van der Waals surface area contributed by atoms with Crippen LogP contribution in [0.2, 0.25) is 0 Å². The number of carbonyl (C=O) groups excluding carboxylic acids is 3. The highest BCUT2D eigenvalue weighted by Crippen LogP contribution is 2.37. The number of thiophene rings is 1. The second-order valence-corrected chi connectivity index (χ2v) is 8.57. The fourth-order valence-corrected chi connectivity index (χ4v) is 5.08. The molecule has 3 amide bonds. The van der Waals surface area contributed by atoms with Crippen molar-refractivity contribution in [3.63, 3.8) is 0 Å². The van der Waals surface area contributed by atoms with Crippen LogP contribution in [0.5, 0.6) is 0 Å². The van der Waals surface area contributed by atoms with E-state index in [1.54, 1.807) is 23.1 Å². The van der Waals surface area contributed by atoms with Crippen LogP contribution in [0.3, 0.4) is 0 Å². The second kappa shape index (κ2) is 9.71. The molecule has 4 heterocycles. The minimum atomic E-state index is -0.437. The summed E-state index contributed by atoms with van der Waals surface area (Å²) in [6.45, 7) is 2.71. The number of morpholine rings is 1. The molecule has 0 spiro atoms. The van der Waals surface area contributed by atoms with E-state index in [9.17, 15) is 14.4 Å². The van der Waals surface area contributed by atoms with Crippen molar-refractivity contribution in [3.8, 4) is 0 Å². The van der Waals surface area contributed by atoms with Crippen LogP contribution >= 0.6 is 11.3 Å². The summed E-state index contributed by atoms with van der Waals surface area (Å²) in [6, 6.07) is 3.75. The van der Waals surface area contributed by atoms with Gasteiger partial charge in [0.1, 0.15) is 15.8 Å². The van der Waals surface area contributed by atoms with Crippen molar-refractivity contribution >= 4 is 39.3 Å². The Morgan fingerprint density at radius 2 is 2.26 bits per heavy atom. The molecule has 2 aromatic rings. The Labute approximate surface area is 184 Å². The number of amides is 3. The summed E-state index contributed by atoms with van der Waals surface area (Å²) in [7, 11) is 1.58. The maximum atomic E-state index is 12.9. The lowest BCUT2D eigenvalue weighted by atomic mass is 10.0. The number of hydrogen-bond donors (Lipinski definition) is 1. The van der Waals surface area contributed by atoms with Crippen molar-refractivity contribution in [1.82, 2.24) is 20.1 Å². The molecule has 2 aliphatic heterocycles. The third kappa shape index (κ3) is 4.70. The Bertz CT molecular complexity index is 978. The maximum absolute atomic E-state index is 12.9. The van der Waals surface area contributed by atoms with Crippen molar-refractivity contribution in [2.75, 3.05) is 53.0 Å². The third-order valence-corrected chi connectivity index (χ3v) is 6.67. The van der Waals surface area contributed by atoms with Crippen LogP contribution in [0, 0.1) is 0 Å². The number of pyridine rings is 1. The van der Waals surface area contributed by atoms with Gasteiger partial charge in [-0.1, -0.05) is 6.07 Å². The highest BCUT2D eigenvalue weighted by molar-refractivity contribution is 7.20. The molecular weight excluding hydrogens is 420 g/mol. The highest BCUT2D eigenvalue weighted by Gasteiger charge is 2.33. The van der Waals surface area contributed by atoms with Gasteiger partial charge in [-0.05, 0) is 12.5 Å². The van der Waals surface area contributed by atoms with Gasteiger partial charge in [0.05, 0.1) is 26.3 Å². The van der Waals surface area contributed by atoms with Gasteiger partial charge in [-0.3, -0.25) is 14.4 Å². The molecule has 10 heteroatoms. The monoisotopic (exact) mass is 446 g/mol. The first kappa shape index (κ1) is 21.7. The molecule has 2 saturated heterocycles. The van der Waals surface area contributed by atoms with Gasteiger partial charge in [-0.15, -0.1) is 11.3 Å². The first-order chi connectivity index (χ1) is 15.1. The van der Waals surface area contributed by atoms with Crippen LogP contribution in [-0.2, 0) is 19.1 Å². The quantitative estimate of drug-likeness (QED) is 0.642. The normalized spacial score (nSPS) is 19.3. The average Bonchev–Trinajstić information content (AvgIpc) is 3.37. The summed E-state index contributed by atoms with van der Waals surface area (Å²) in [5, 5.41) is 3.73. The number of carbonyl (C=O) groups is 3. The molecule has 2 aliphatic rings. The van der Waals surface area contributed by atoms with Crippen LogP contribution in [0.25, 0.3) is 10.2 Å². The van der Waals surface area contributed by atoms with Gasteiger partial charge in [-0.25, -0.2) is 4.98 Å². The van der Waals surface area contributed by atoms with Gasteiger partial charge in [0.2, 0.25) is 11.8 Å². The van der Waals surface area contributed by atoms with Crippen LogP contribution in [0.4, 0.5) is 0 Å². The van der Waals surface area contributed by atoms with Gasteiger partial charge in [0, 0.05) is 50.3 Å². The van der Waals surface area contributed by atoms with Gasteiger partial charge < -0.3 is 24.6 Å². The fraction of sp³-hybridized carbons (Fsp3) is 0.524. The van der Waals surface area contributed by atoms with Crippen LogP contribution in [0.1, 0.15) is 34.2 Å². The fourth-order valence-electron chi connectivity index (χ4n) is 3.97. The standard InChI is InChI=1S/C21H26N4O5S/c1-29-10-7-22-20(28)19-18(14-4-2-6-23-21(14)31-19)15-12-25(9-11-30-15)17(27)13-24-8-3-5-16(24)26/h2,4,6,15H,3,5,7-13H2,1H3,(H,22,28)/t15-/m1/s1. The van der Waals surface area contributed by atoms with Crippen molar-refractivity contribution in [2.45, 2.75) is 18.9 Å². The van der Waals surface area contributed by atoms with Crippen LogP contribution in [-0.4, -0.2) is 85.6 Å².